The summed E-state index contributed by atoms with van der Waals surface area (Å²) < 4.78 is 4.86. The van der Waals surface area contributed by atoms with Crippen molar-refractivity contribution in [2.45, 2.75) is 5.92 Å². The second kappa shape index (κ2) is 5.41. The molecule has 1 saturated carbocycles. The number of carbonyl (C=O) groups is 3. The Morgan fingerprint density at radius 1 is 1.04 bits per heavy atom. The first kappa shape index (κ1) is 16.3. The minimum absolute atomic E-state index is 0.319. The van der Waals surface area contributed by atoms with Crippen molar-refractivity contribution < 1.29 is 19.1 Å². The van der Waals surface area contributed by atoms with Gasteiger partial charge in [0.1, 0.15) is 5.41 Å². The van der Waals surface area contributed by atoms with Crippen LogP contribution in [0.1, 0.15) is 32.2 Å². The number of fused-ring (bicyclic) bond motifs is 1. The highest BCUT2D eigenvalue weighted by atomic mass is 35.5. The van der Waals surface area contributed by atoms with Crippen molar-refractivity contribution >= 4 is 40.7 Å². The molecule has 0 amide bonds. The molecule has 2 aromatic carbocycles. The van der Waals surface area contributed by atoms with Crippen molar-refractivity contribution in [1.82, 2.24) is 0 Å². The third-order valence-corrected chi connectivity index (χ3v) is 5.69. The number of ether oxygens (including phenoxy) is 1. The van der Waals surface area contributed by atoms with Gasteiger partial charge in [0.05, 0.1) is 13.0 Å². The number of esters is 1. The lowest BCUT2D eigenvalue weighted by Gasteiger charge is -2.08. The predicted octanol–water partition coefficient (Wildman–Crippen LogP) is 3.95. The number of ketones is 2. The van der Waals surface area contributed by atoms with E-state index in [1.807, 2.05) is 0 Å². The second-order valence-electron chi connectivity index (χ2n) is 6.22. The molecule has 1 fully saturated rings. The van der Waals surface area contributed by atoms with Crippen molar-refractivity contribution in [3.8, 4) is 0 Å². The van der Waals surface area contributed by atoms with Gasteiger partial charge in [-0.1, -0.05) is 53.5 Å². The van der Waals surface area contributed by atoms with Crippen LogP contribution in [0.15, 0.2) is 42.5 Å². The maximum atomic E-state index is 13.1. The van der Waals surface area contributed by atoms with Crippen LogP contribution in [0.25, 0.3) is 0 Å². The predicted molar refractivity (Wildman–Crippen MR) is 92.2 cm³/mol. The topological polar surface area (TPSA) is 60.4 Å². The molecule has 0 aliphatic heterocycles. The smallest absolute Gasteiger partial charge is 0.310 e. The summed E-state index contributed by atoms with van der Waals surface area (Å²) in [5.74, 6) is -2.83. The third kappa shape index (κ3) is 1.98. The van der Waals surface area contributed by atoms with Gasteiger partial charge in [-0.05, 0) is 17.7 Å². The highest BCUT2D eigenvalue weighted by Gasteiger charge is 2.80. The fourth-order valence-electron chi connectivity index (χ4n) is 4.01. The largest absolute Gasteiger partial charge is 0.469 e. The molecule has 6 heteroatoms. The first-order valence-corrected chi connectivity index (χ1v) is 8.41. The molecule has 2 aliphatic carbocycles. The lowest BCUT2D eigenvalue weighted by molar-refractivity contribution is -0.142. The quantitative estimate of drug-likeness (QED) is 0.589. The number of carbonyl (C=O) groups excluding carboxylic acids is 3. The zero-order valence-electron chi connectivity index (χ0n) is 13.1. The van der Waals surface area contributed by atoms with Crippen LogP contribution in [0.4, 0.5) is 0 Å². The molecule has 2 aliphatic rings. The Bertz CT molecular complexity index is 915. The number of rotatable bonds is 2. The lowest BCUT2D eigenvalue weighted by Crippen LogP contribution is -2.24. The summed E-state index contributed by atoms with van der Waals surface area (Å²) in [6, 6.07) is 11.4. The lowest BCUT2D eigenvalue weighted by atomic mass is 9.93. The maximum absolute atomic E-state index is 13.1. The second-order valence-corrected chi connectivity index (χ2v) is 7.06. The Kier molecular flexibility index (Phi) is 3.53. The Hall–Kier alpha value is -2.17. The molecule has 1 spiro atoms. The summed E-state index contributed by atoms with van der Waals surface area (Å²) in [4.78, 5) is 38.5. The van der Waals surface area contributed by atoms with Crippen LogP contribution in [0, 0.1) is 11.3 Å². The Morgan fingerprint density at radius 3 is 2.16 bits per heavy atom. The Morgan fingerprint density at radius 2 is 1.64 bits per heavy atom. The van der Waals surface area contributed by atoms with Crippen LogP contribution in [0.3, 0.4) is 0 Å². The van der Waals surface area contributed by atoms with Crippen LogP contribution in [-0.2, 0) is 9.53 Å². The molecule has 126 valence electrons. The van der Waals surface area contributed by atoms with Crippen LogP contribution in [0.5, 0.6) is 0 Å². The average Bonchev–Trinajstić information content (AvgIpc) is 3.24. The average molecular weight is 375 g/mol. The molecule has 0 aromatic heterocycles. The molecule has 0 N–H and O–H groups in total. The van der Waals surface area contributed by atoms with E-state index in [0.717, 1.165) is 0 Å². The first-order chi connectivity index (χ1) is 11.9. The van der Waals surface area contributed by atoms with Crippen molar-refractivity contribution in [2.75, 3.05) is 7.11 Å². The number of methoxy groups -OCH3 is 1. The van der Waals surface area contributed by atoms with Gasteiger partial charge in [-0.25, -0.2) is 0 Å². The number of hydrogen-bond donors (Lipinski definition) is 0. The van der Waals surface area contributed by atoms with Gasteiger partial charge in [-0.3, -0.25) is 14.4 Å². The van der Waals surface area contributed by atoms with Gasteiger partial charge in [0.15, 0.2) is 11.6 Å². The summed E-state index contributed by atoms with van der Waals surface area (Å²) in [5.41, 5.74) is -0.229. The van der Waals surface area contributed by atoms with E-state index >= 15 is 0 Å². The first-order valence-electron chi connectivity index (χ1n) is 7.66. The Labute approximate surface area is 153 Å². The summed E-state index contributed by atoms with van der Waals surface area (Å²) >= 11 is 12.2. The van der Waals surface area contributed by atoms with Crippen molar-refractivity contribution in [1.29, 1.82) is 0 Å². The van der Waals surface area contributed by atoms with Gasteiger partial charge in [-0.15, -0.1) is 0 Å². The molecule has 0 saturated heterocycles. The molecule has 0 bridgehead atoms. The van der Waals surface area contributed by atoms with E-state index < -0.39 is 23.2 Å². The van der Waals surface area contributed by atoms with Crippen molar-refractivity contribution in [2.24, 2.45) is 11.3 Å². The number of halogens is 2. The van der Waals surface area contributed by atoms with Crippen molar-refractivity contribution in [3.05, 3.63) is 69.2 Å². The normalized spacial score (nSPS) is 22.8. The van der Waals surface area contributed by atoms with Crippen LogP contribution >= 0.6 is 23.2 Å². The molecule has 0 heterocycles. The van der Waals surface area contributed by atoms with Gasteiger partial charge in [0.2, 0.25) is 0 Å². The SMILES string of the molecule is COC(=O)[C@H]1[C@H](c2ccc(Cl)cc2Cl)C12C(=O)c1ccccc1C2=O. The fourth-order valence-corrected chi connectivity index (χ4v) is 4.53. The third-order valence-electron chi connectivity index (χ3n) is 5.13. The summed E-state index contributed by atoms with van der Waals surface area (Å²) in [7, 11) is 1.24. The Balaban J connectivity index is 1.90. The highest BCUT2D eigenvalue weighted by Crippen LogP contribution is 2.71. The zero-order chi connectivity index (χ0) is 17.9. The van der Waals surface area contributed by atoms with E-state index in [0.29, 0.717) is 26.7 Å². The highest BCUT2D eigenvalue weighted by molar-refractivity contribution is 6.37. The molecular weight excluding hydrogens is 363 g/mol. The standard InChI is InChI=1S/C19H12Cl2O4/c1-25-18(24)15-14(12-7-6-9(20)8-13(12)21)19(15)16(22)10-4-2-3-5-11(10)17(19)23/h2-8,14-15H,1H3/t14-,15+/m0/s1. The molecule has 2 atom stereocenters. The van der Waals surface area contributed by atoms with Crippen LogP contribution in [0.2, 0.25) is 10.0 Å². The van der Waals surface area contributed by atoms with Gasteiger partial charge in [-0.2, -0.15) is 0 Å². The van der Waals surface area contributed by atoms with Crippen LogP contribution < -0.4 is 0 Å². The molecule has 4 nitrogen and oxygen atoms in total. The van der Waals surface area contributed by atoms with Crippen molar-refractivity contribution in [3.63, 3.8) is 0 Å². The summed E-state index contributed by atoms with van der Waals surface area (Å²) in [6.07, 6.45) is 0. The van der Waals surface area contributed by atoms with E-state index in [2.05, 4.69) is 0 Å². The number of Topliss-reactive ketones (excluding diaryl/α,β-unsaturated/α-hetero) is 2. The molecule has 2 aromatic rings. The van der Waals surface area contributed by atoms with Gasteiger partial charge >= 0.3 is 5.97 Å². The van der Waals surface area contributed by atoms with E-state index in [-0.39, 0.29) is 11.6 Å². The minimum Gasteiger partial charge on any atom is -0.469 e. The fraction of sp³-hybridized carbons (Fsp3) is 0.211. The molecule has 0 unspecified atom stereocenters. The molecule has 25 heavy (non-hydrogen) atoms. The van der Waals surface area contributed by atoms with E-state index in [1.54, 1.807) is 36.4 Å². The van der Waals surface area contributed by atoms with Gasteiger partial charge < -0.3 is 4.74 Å². The molecule has 4 rings (SSSR count). The molecule has 0 radical (unpaired) electrons. The monoisotopic (exact) mass is 374 g/mol. The summed E-state index contributed by atoms with van der Waals surface area (Å²) in [6.45, 7) is 0. The zero-order valence-corrected chi connectivity index (χ0v) is 14.6. The molecular formula is C19H12Cl2O4. The summed E-state index contributed by atoms with van der Waals surface area (Å²) in [5, 5.41) is 0.755. The van der Waals surface area contributed by atoms with Gasteiger partial charge in [0.25, 0.3) is 0 Å². The van der Waals surface area contributed by atoms with E-state index in [4.69, 9.17) is 27.9 Å². The number of hydrogen-bond acceptors (Lipinski definition) is 4. The van der Waals surface area contributed by atoms with E-state index in [9.17, 15) is 14.4 Å². The van der Waals surface area contributed by atoms with E-state index in [1.165, 1.54) is 13.2 Å². The number of benzene rings is 2. The maximum Gasteiger partial charge on any atom is 0.310 e. The van der Waals surface area contributed by atoms with Crippen LogP contribution in [-0.4, -0.2) is 24.6 Å². The minimum atomic E-state index is -1.46. The van der Waals surface area contributed by atoms with Gasteiger partial charge in [0, 0.05) is 27.1 Å².